The van der Waals surface area contributed by atoms with E-state index in [-0.39, 0.29) is 18.6 Å². The molecule has 0 radical (unpaired) electrons. The van der Waals surface area contributed by atoms with Gasteiger partial charge >= 0.3 is 0 Å². The van der Waals surface area contributed by atoms with Crippen LogP contribution in [0.1, 0.15) is 11.8 Å². The Hall–Kier alpha value is -1.52. The molecule has 1 amide bonds. The average Bonchev–Trinajstić information content (AvgIpc) is 2.90. The molecular weight excluding hydrogens is 294 g/mol. The van der Waals surface area contributed by atoms with Gasteiger partial charge in [0, 0.05) is 22.4 Å². The first-order chi connectivity index (χ1) is 9.63. The number of amides is 1. The van der Waals surface area contributed by atoms with Crippen LogP contribution in [0.15, 0.2) is 41.8 Å². The Morgan fingerprint density at radius 2 is 2.10 bits per heavy atom. The monoisotopic (exact) mass is 309 g/mol. The number of nitrogens with one attached hydrogen (secondary N) is 1. The summed E-state index contributed by atoms with van der Waals surface area (Å²) in [6.07, 6.45) is 0.838. The molecule has 3 nitrogen and oxygen atoms in total. The highest BCUT2D eigenvalue weighted by Gasteiger charge is 2.09. The number of thiophene rings is 1. The number of carbonyl (C=O) groups is 1. The molecule has 1 atom stereocenters. The third-order valence-corrected chi connectivity index (χ3v) is 3.83. The summed E-state index contributed by atoms with van der Waals surface area (Å²) in [5.74, 6) is 0.513. The molecule has 20 heavy (non-hydrogen) atoms. The van der Waals surface area contributed by atoms with Crippen molar-refractivity contribution < 1.29 is 9.53 Å². The van der Waals surface area contributed by atoms with Gasteiger partial charge in [-0.3, -0.25) is 4.79 Å². The molecule has 106 valence electrons. The van der Waals surface area contributed by atoms with Crippen LogP contribution < -0.4 is 10.1 Å². The van der Waals surface area contributed by atoms with E-state index < -0.39 is 0 Å². The maximum absolute atomic E-state index is 11.8. The van der Waals surface area contributed by atoms with Crippen molar-refractivity contribution in [1.82, 2.24) is 5.32 Å². The smallest absolute Gasteiger partial charge is 0.258 e. The van der Waals surface area contributed by atoms with E-state index in [0.29, 0.717) is 10.8 Å². The molecule has 0 saturated heterocycles. The number of rotatable bonds is 6. The molecule has 1 aromatic carbocycles. The summed E-state index contributed by atoms with van der Waals surface area (Å²) in [6.45, 7) is 2.00. The van der Waals surface area contributed by atoms with Crippen molar-refractivity contribution in [3.8, 4) is 5.75 Å². The maximum atomic E-state index is 11.8. The standard InChI is InChI=1S/C15H16ClNO2S/c1-11(9-14-3-2-8-20-14)17-15(18)10-19-13-6-4-12(16)5-7-13/h2-8,11H,9-10H2,1H3,(H,17,18). The van der Waals surface area contributed by atoms with Gasteiger partial charge in [-0.05, 0) is 42.6 Å². The minimum Gasteiger partial charge on any atom is -0.484 e. The van der Waals surface area contributed by atoms with Crippen molar-refractivity contribution >= 4 is 28.8 Å². The molecule has 5 heteroatoms. The van der Waals surface area contributed by atoms with Crippen molar-refractivity contribution in [3.63, 3.8) is 0 Å². The number of carbonyl (C=O) groups excluding carboxylic acids is 1. The average molecular weight is 310 g/mol. The summed E-state index contributed by atoms with van der Waals surface area (Å²) < 4.78 is 5.39. The first kappa shape index (κ1) is 14.9. The fraction of sp³-hybridized carbons (Fsp3) is 0.267. The summed E-state index contributed by atoms with van der Waals surface area (Å²) in [7, 11) is 0. The largest absolute Gasteiger partial charge is 0.484 e. The SMILES string of the molecule is CC(Cc1cccs1)NC(=O)COc1ccc(Cl)cc1. The second kappa shape index (κ2) is 7.31. The molecule has 0 fully saturated rings. The zero-order valence-corrected chi connectivity index (χ0v) is 12.7. The summed E-state index contributed by atoms with van der Waals surface area (Å²) in [5, 5.41) is 5.60. The molecule has 1 aromatic heterocycles. The quantitative estimate of drug-likeness (QED) is 0.886. The molecule has 1 heterocycles. The van der Waals surface area contributed by atoms with Crippen LogP contribution in [-0.2, 0) is 11.2 Å². The minimum atomic E-state index is -0.121. The first-order valence-electron chi connectivity index (χ1n) is 6.33. The lowest BCUT2D eigenvalue weighted by Crippen LogP contribution is -2.37. The number of ether oxygens (including phenoxy) is 1. The van der Waals surface area contributed by atoms with Crippen LogP contribution in [0.25, 0.3) is 0 Å². The third-order valence-electron chi connectivity index (χ3n) is 2.68. The van der Waals surface area contributed by atoms with E-state index in [1.807, 2.05) is 18.4 Å². The Labute approximate surface area is 127 Å². The molecule has 0 aliphatic heterocycles. The van der Waals surface area contributed by atoms with Crippen molar-refractivity contribution in [2.24, 2.45) is 0 Å². The van der Waals surface area contributed by atoms with Crippen LogP contribution >= 0.6 is 22.9 Å². The van der Waals surface area contributed by atoms with Crippen molar-refractivity contribution in [2.75, 3.05) is 6.61 Å². The van der Waals surface area contributed by atoms with E-state index in [0.717, 1.165) is 6.42 Å². The normalized spacial score (nSPS) is 11.9. The Bertz CT molecular complexity index is 540. The second-order valence-electron chi connectivity index (χ2n) is 4.49. The second-order valence-corrected chi connectivity index (χ2v) is 5.96. The number of hydrogen-bond acceptors (Lipinski definition) is 3. The number of benzene rings is 1. The summed E-state index contributed by atoms with van der Waals surface area (Å²) >= 11 is 7.47. The summed E-state index contributed by atoms with van der Waals surface area (Å²) in [6, 6.07) is 11.1. The molecule has 2 rings (SSSR count). The third kappa shape index (κ3) is 4.87. The number of halogens is 1. The Balaban J connectivity index is 1.73. The van der Waals surface area contributed by atoms with Gasteiger partial charge in [-0.1, -0.05) is 17.7 Å². The Morgan fingerprint density at radius 1 is 1.35 bits per heavy atom. The van der Waals surface area contributed by atoms with Crippen LogP contribution in [0.5, 0.6) is 5.75 Å². The summed E-state index contributed by atoms with van der Waals surface area (Å²) in [4.78, 5) is 13.0. The molecule has 0 aliphatic carbocycles. The lowest BCUT2D eigenvalue weighted by Gasteiger charge is -2.13. The van der Waals surface area contributed by atoms with Gasteiger partial charge in [0.2, 0.25) is 0 Å². The van der Waals surface area contributed by atoms with E-state index >= 15 is 0 Å². The lowest BCUT2D eigenvalue weighted by molar-refractivity contribution is -0.123. The van der Waals surface area contributed by atoms with Gasteiger partial charge < -0.3 is 10.1 Å². The number of hydrogen-bond donors (Lipinski definition) is 1. The maximum Gasteiger partial charge on any atom is 0.258 e. The predicted molar refractivity (Wildman–Crippen MR) is 82.6 cm³/mol. The molecule has 1 N–H and O–H groups in total. The van der Waals surface area contributed by atoms with Gasteiger partial charge in [-0.25, -0.2) is 0 Å². The summed E-state index contributed by atoms with van der Waals surface area (Å²) in [5.41, 5.74) is 0. The topological polar surface area (TPSA) is 38.3 Å². The van der Waals surface area contributed by atoms with E-state index in [2.05, 4.69) is 11.4 Å². The highest BCUT2D eigenvalue weighted by Crippen LogP contribution is 2.15. The highest BCUT2D eigenvalue weighted by molar-refractivity contribution is 7.09. The van der Waals surface area contributed by atoms with E-state index in [4.69, 9.17) is 16.3 Å². The minimum absolute atomic E-state index is 0.0103. The van der Waals surface area contributed by atoms with Crippen LogP contribution in [0.3, 0.4) is 0 Å². The van der Waals surface area contributed by atoms with Gasteiger partial charge in [-0.15, -0.1) is 11.3 Å². The van der Waals surface area contributed by atoms with Crippen LogP contribution in [0.4, 0.5) is 0 Å². The Kier molecular flexibility index (Phi) is 5.44. The fourth-order valence-electron chi connectivity index (χ4n) is 1.78. The van der Waals surface area contributed by atoms with Crippen molar-refractivity contribution in [3.05, 3.63) is 51.7 Å². The van der Waals surface area contributed by atoms with E-state index in [1.165, 1.54) is 4.88 Å². The molecule has 0 aliphatic rings. The zero-order valence-electron chi connectivity index (χ0n) is 11.1. The zero-order chi connectivity index (χ0) is 14.4. The molecular formula is C15H16ClNO2S. The van der Waals surface area contributed by atoms with Gasteiger partial charge in [0.25, 0.3) is 5.91 Å². The van der Waals surface area contributed by atoms with Gasteiger partial charge in [0.15, 0.2) is 6.61 Å². The van der Waals surface area contributed by atoms with Gasteiger partial charge in [-0.2, -0.15) is 0 Å². The van der Waals surface area contributed by atoms with Gasteiger partial charge in [0.1, 0.15) is 5.75 Å². The first-order valence-corrected chi connectivity index (χ1v) is 7.59. The fourth-order valence-corrected chi connectivity index (χ4v) is 2.74. The van der Waals surface area contributed by atoms with Crippen molar-refractivity contribution in [1.29, 1.82) is 0 Å². The highest BCUT2D eigenvalue weighted by atomic mass is 35.5. The van der Waals surface area contributed by atoms with E-state index in [9.17, 15) is 4.79 Å². The lowest BCUT2D eigenvalue weighted by atomic mass is 10.2. The van der Waals surface area contributed by atoms with Crippen LogP contribution in [-0.4, -0.2) is 18.6 Å². The van der Waals surface area contributed by atoms with Crippen LogP contribution in [0, 0.1) is 0 Å². The van der Waals surface area contributed by atoms with E-state index in [1.54, 1.807) is 35.6 Å². The predicted octanol–water partition coefficient (Wildman–Crippen LogP) is 3.53. The molecule has 2 aromatic rings. The van der Waals surface area contributed by atoms with Gasteiger partial charge in [0.05, 0.1) is 0 Å². The van der Waals surface area contributed by atoms with Crippen molar-refractivity contribution in [2.45, 2.75) is 19.4 Å². The Morgan fingerprint density at radius 3 is 2.75 bits per heavy atom. The molecule has 0 spiro atoms. The molecule has 0 bridgehead atoms. The van der Waals surface area contributed by atoms with Crippen LogP contribution in [0.2, 0.25) is 5.02 Å². The molecule has 0 saturated carbocycles. The molecule has 1 unspecified atom stereocenters.